The van der Waals surface area contributed by atoms with Gasteiger partial charge in [-0.3, -0.25) is 9.59 Å². The van der Waals surface area contributed by atoms with Gasteiger partial charge in [0.2, 0.25) is 5.91 Å². The number of nitrogens with zero attached hydrogens (tertiary/aromatic N) is 1. The monoisotopic (exact) mass is 522 g/mol. The molecule has 3 aromatic rings. The number of carbonyl (C=O) groups excluding carboxylic acids is 1. The molecular weight excluding hydrogens is 492 g/mol. The maximum atomic E-state index is 12.1. The van der Waals surface area contributed by atoms with E-state index < -0.39 is 12.3 Å². The Kier molecular flexibility index (Phi) is 9.67. The highest BCUT2D eigenvalue weighted by molar-refractivity contribution is 7.99. The number of aromatic nitrogens is 1. The molecule has 0 saturated carbocycles. The molecule has 1 saturated heterocycles. The lowest BCUT2D eigenvalue weighted by molar-refractivity contribution is -0.245. The Balaban J connectivity index is 1.43. The van der Waals surface area contributed by atoms with Crippen LogP contribution in [0.15, 0.2) is 78.0 Å². The summed E-state index contributed by atoms with van der Waals surface area (Å²) >= 11 is 1.64. The molecule has 1 amide bonds. The van der Waals surface area contributed by atoms with E-state index in [9.17, 15) is 14.7 Å². The number of thioether (sulfide) groups is 1. The van der Waals surface area contributed by atoms with Gasteiger partial charge in [0.15, 0.2) is 6.29 Å². The molecule has 0 unspecified atom stereocenters. The van der Waals surface area contributed by atoms with Gasteiger partial charge in [-0.25, -0.2) is 4.98 Å². The van der Waals surface area contributed by atoms with Gasteiger partial charge in [0.05, 0.1) is 23.8 Å². The normalized spacial score (nSPS) is 19.3. The van der Waals surface area contributed by atoms with E-state index in [0.717, 1.165) is 21.7 Å². The average Bonchev–Trinajstić information content (AvgIpc) is 2.92. The molecule has 0 radical (unpaired) electrons. The van der Waals surface area contributed by atoms with Crippen molar-refractivity contribution in [3.63, 3.8) is 0 Å². The Morgan fingerprint density at radius 3 is 2.41 bits per heavy atom. The first-order valence-corrected chi connectivity index (χ1v) is 13.1. The third kappa shape index (κ3) is 8.13. The van der Waals surface area contributed by atoms with E-state index >= 15 is 0 Å². The van der Waals surface area contributed by atoms with Gasteiger partial charge in [0.1, 0.15) is 0 Å². The Morgan fingerprint density at radius 1 is 0.973 bits per heavy atom. The molecule has 1 aliphatic heterocycles. The SMILES string of the molecule is O=C(O)CCCC(=O)Nc1ccc([C@@H]2O[C@H](CSc3ccccn3)C[C@H](c3ccc(CO)cc3)O2)cc1. The number of hydrogen-bond acceptors (Lipinski definition) is 7. The molecule has 1 aromatic heterocycles. The Bertz CT molecular complexity index is 1160. The number of ether oxygens (including phenoxy) is 2. The summed E-state index contributed by atoms with van der Waals surface area (Å²) in [4.78, 5) is 27.1. The standard InChI is InChI=1S/C28H30N2O6S/c31-17-19-7-9-20(10-8-19)24-16-23(18-37-26-5-1-2-15-29-26)35-28(36-24)21-11-13-22(14-12-21)30-25(32)4-3-6-27(33)34/h1-2,5,7-15,23-24,28,31H,3-4,6,16-18H2,(H,30,32)(H,33,34)/t23-,24+,28+/m0/s1. The fourth-order valence-electron chi connectivity index (χ4n) is 3.98. The summed E-state index contributed by atoms with van der Waals surface area (Å²) < 4.78 is 12.7. The molecule has 3 atom stereocenters. The maximum Gasteiger partial charge on any atom is 0.303 e. The smallest absolute Gasteiger partial charge is 0.303 e. The van der Waals surface area contributed by atoms with Gasteiger partial charge >= 0.3 is 5.97 Å². The summed E-state index contributed by atoms with van der Waals surface area (Å²) in [6.45, 7) is -0.0106. The minimum Gasteiger partial charge on any atom is -0.481 e. The van der Waals surface area contributed by atoms with E-state index in [1.54, 1.807) is 30.1 Å². The van der Waals surface area contributed by atoms with Gasteiger partial charge in [-0.2, -0.15) is 0 Å². The summed E-state index contributed by atoms with van der Waals surface area (Å²) in [5.41, 5.74) is 3.31. The van der Waals surface area contributed by atoms with Crippen molar-refractivity contribution in [2.45, 2.75) is 55.8 Å². The second-order valence-corrected chi connectivity index (χ2v) is 9.79. The summed E-state index contributed by atoms with van der Waals surface area (Å²) in [6, 6.07) is 20.9. The lowest BCUT2D eigenvalue weighted by Crippen LogP contribution is -2.31. The number of carboxylic acids is 1. The summed E-state index contributed by atoms with van der Waals surface area (Å²) in [6.07, 6.45) is 2.00. The zero-order valence-corrected chi connectivity index (χ0v) is 21.1. The van der Waals surface area contributed by atoms with Crippen LogP contribution in [0, 0.1) is 0 Å². The third-order valence-corrected chi connectivity index (χ3v) is 7.01. The summed E-state index contributed by atoms with van der Waals surface area (Å²) in [7, 11) is 0. The Hall–Kier alpha value is -3.24. The van der Waals surface area contributed by atoms with Gasteiger partial charge in [0, 0.05) is 42.5 Å². The van der Waals surface area contributed by atoms with Crippen molar-refractivity contribution in [1.29, 1.82) is 0 Å². The number of carbonyl (C=O) groups is 2. The first kappa shape index (κ1) is 26.8. The first-order chi connectivity index (χ1) is 18.0. The molecule has 0 aliphatic carbocycles. The van der Waals surface area contributed by atoms with Crippen LogP contribution in [0.1, 0.15) is 54.8 Å². The van der Waals surface area contributed by atoms with Crippen LogP contribution in [-0.4, -0.2) is 38.9 Å². The van der Waals surface area contributed by atoms with Crippen LogP contribution in [0.3, 0.4) is 0 Å². The van der Waals surface area contributed by atoms with E-state index in [-0.39, 0.29) is 37.6 Å². The average molecular weight is 523 g/mol. The van der Waals surface area contributed by atoms with E-state index in [4.69, 9.17) is 14.6 Å². The third-order valence-electron chi connectivity index (χ3n) is 5.93. The molecule has 4 rings (SSSR count). The van der Waals surface area contributed by atoms with Crippen LogP contribution in [-0.2, 0) is 25.7 Å². The fourth-order valence-corrected chi connectivity index (χ4v) is 4.86. The number of rotatable bonds is 11. The Morgan fingerprint density at radius 2 is 1.73 bits per heavy atom. The summed E-state index contributed by atoms with van der Waals surface area (Å²) in [5.74, 6) is -0.423. The van der Waals surface area contributed by atoms with Crippen LogP contribution in [0.25, 0.3) is 0 Å². The minimum atomic E-state index is -0.913. The van der Waals surface area contributed by atoms with E-state index in [1.807, 2.05) is 54.6 Å². The quantitative estimate of drug-likeness (QED) is 0.298. The molecule has 194 valence electrons. The van der Waals surface area contributed by atoms with Crippen LogP contribution >= 0.6 is 11.8 Å². The van der Waals surface area contributed by atoms with E-state index in [2.05, 4.69) is 10.3 Å². The number of amides is 1. The number of anilines is 1. The van der Waals surface area contributed by atoms with Gasteiger partial charge in [-0.1, -0.05) is 42.5 Å². The van der Waals surface area contributed by atoms with E-state index in [0.29, 0.717) is 24.3 Å². The number of pyridine rings is 1. The number of hydrogen-bond donors (Lipinski definition) is 3. The molecule has 8 nitrogen and oxygen atoms in total. The largest absolute Gasteiger partial charge is 0.481 e. The van der Waals surface area contributed by atoms with Crippen molar-refractivity contribution in [2.75, 3.05) is 11.1 Å². The Labute approximate surface area is 220 Å². The molecule has 1 fully saturated rings. The number of aliphatic hydroxyl groups excluding tert-OH is 1. The van der Waals surface area contributed by atoms with Crippen molar-refractivity contribution < 1.29 is 29.3 Å². The topological polar surface area (TPSA) is 118 Å². The van der Waals surface area contributed by atoms with Crippen molar-refractivity contribution in [2.24, 2.45) is 0 Å². The number of aliphatic hydroxyl groups is 1. The molecule has 0 bridgehead atoms. The van der Waals surface area contributed by atoms with Crippen molar-refractivity contribution in [3.05, 3.63) is 89.6 Å². The molecule has 2 heterocycles. The van der Waals surface area contributed by atoms with Crippen LogP contribution in [0.4, 0.5) is 5.69 Å². The molecule has 3 N–H and O–H groups in total. The number of carboxylic acid groups (broad SMARTS) is 1. The van der Waals surface area contributed by atoms with Crippen molar-refractivity contribution >= 4 is 29.3 Å². The predicted octanol–water partition coefficient (Wildman–Crippen LogP) is 5.11. The lowest BCUT2D eigenvalue weighted by atomic mass is 10.0. The molecule has 0 spiro atoms. The highest BCUT2D eigenvalue weighted by Gasteiger charge is 2.32. The molecule has 2 aromatic carbocycles. The molecular formula is C28H30N2O6S. The predicted molar refractivity (Wildman–Crippen MR) is 140 cm³/mol. The van der Waals surface area contributed by atoms with Crippen molar-refractivity contribution in [1.82, 2.24) is 4.98 Å². The second-order valence-electron chi connectivity index (χ2n) is 8.75. The van der Waals surface area contributed by atoms with Gasteiger partial charge in [0.25, 0.3) is 0 Å². The number of nitrogens with one attached hydrogen (secondary N) is 1. The van der Waals surface area contributed by atoms with E-state index in [1.165, 1.54) is 0 Å². The first-order valence-electron chi connectivity index (χ1n) is 12.2. The molecule has 9 heteroatoms. The zero-order valence-electron chi connectivity index (χ0n) is 20.3. The second kappa shape index (κ2) is 13.3. The zero-order chi connectivity index (χ0) is 26.0. The number of aliphatic carboxylic acids is 1. The van der Waals surface area contributed by atoms with Crippen molar-refractivity contribution in [3.8, 4) is 0 Å². The molecule has 37 heavy (non-hydrogen) atoms. The van der Waals surface area contributed by atoms with Crippen LogP contribution < -0.4 is 5.32 Å². The van der Waals surface area contributed by atoms with Crippen LogP contribution in [0.5, 0.6) is 0 Å². The maximum absolute atomic E-state index is 12.1. The number of benzene rings is 2. The fraction of sp³-hybridized carbons (Fsp3) is 0.321. The minimum absolute atomic E-state index is 0.0106. The highest BCUT2D eigenvalue weighted by Crippen LogP contribution is 2.39. The summed E-state index contributed by atoms with van der Waals surface area (Å²) in [5, 5.41) is 21.8. The molecule has 1 aliphatic rings. The highest BCUT2D eigenvalue weighted by atomic mass is 32.2. The van der Waals surface area contributed by atoms with Gasteiger partial charge in [-0.15, -0.1) is 11.8 Å². The lowest BCUT2D eigenvalue weighted by Gasteiger charge is -2.36. The van der Waals surface area contributed by atoms with Gasteiger partial charge < -0.3 is 25.0 Å². The van der Waals surface area contributed by atoms with Gasteiger partial charge in [-0.05, 0) is 41.8 Å². The van der Waals surface area contributed by atoms with Crippen LogP contribution in [0.2, 0.25) is 0 Å².